The van der Waals surface area contributed by atoms with Gasteiger partial charge in [0.1, 0.15) is 0 Å². The zero-order chi connectivity index (χ0) is 28.5. The zero-order valence-electron chi connectivity index (χ0n) is 26.9. The summed E-state index contributed by atoms with van der Waals surface area (Å²) in [6, 6.07) is 0. The number of hydrogen-bond acceptors (Lipinski definition) is 3. The predicted molar refractivity (Wildman–Crippen MR) is 176 cm³/mol. The van der Waals surface area contributed by atoms with E-state index in [9.17, 15) is 8.42 Å². The van der Waals surface area contributed by atoms with E-state index in [-0.39, 0.29) is 0 Å². The number of hydrogen-bond donors (Lipinski definition) is 0. The van der Waals surface area contributed by atoms with Crippen LogP contribution in [0, 0.1) is 0 Å². The van der Waals surface area contributed by atoms with Gasteiger partial charge in [-0.3, -0.25) is 0 Å². The van der Waals surface area contributed by atoms with E-state index in [1.165, 1.54) is 135 Å². The zero-order valence-corrected chi connectivity index (χ0v) is 28.6. The Labute approximate surface area is 241 Å². The third kappa shape index (κ3) is 20.3. The molecule has 0 unspecified atom stereocenters. The fourth-order valence-corrected chi connectivity index (χ4v) is 16.1. The van der Waals surface area contributed by atoms with Crippen LogP contribution in [0.1, 0.15) is 182 Å². The third-order valence-corrected chi connectivity index (χ3v) is 17.2. The summed E-state index contributed by atoms with van der Waals surface area (Å²) in [7, 11) is -3.48. The van der Waals surface area contributed by atoms with Crippen LogP contribution in [0.5, 0.6) is 0 Å². The van der Waals surface area contributed by atoms with Crippen LogP contribution in [0.15, 0.2) is 0 Å². The molecule has 38 heavy (non-hydrogen) atoms. The van der Waals surface area contributed by atoms with Gasteiger partial charge >= 0.3 is 229 Å². The minimum absolute atomic E-state index is 1.04. The van der Waals surface area contributed by atoms with Crippen LogP contribution in [-0.2, 0) is 14.1 Å². The van der Waals surface area contributed by atoms with Crippen molar-refractivity contribution < 1.29 is 12.4 Å². The van der Waals surface area contributed by atoms with Gasteiger partial charge in [0.15, 0.2) is 0 Å². The summed E-state index contributed by atoms with van der Waals surface area (Å²) in [5.74, 6) is 0. The second kappa shape index (κ2) is 24.0. The summed E-state index contributed by atoms with van der Waals surface area (Å²) in [5.41, 5.74) is 0. The van der Waals surface area contributed by atoms with Gasteiger partial charge in [0, 0.05) is 0 Å². The Hall–Kier alpha value is 0.340. The standard InChI is InChI=1S/C33H71O3PS/c1-6-10-14-18-19-20-21-22-23-24-25-29-33-37(36-38(5,34)35,30-26-15-11-7-2,31-27-16-12-8-3)32-28-17-13-9-4/h6-33H2,1-5H3. The molecule has 0 saturated heterocycles. The number of unbranched alkanes of at least 4 members (excludes halogenated alkanes) is 20. The van der Waals surface area contributed by atoms with Crippen molar-refractivity contribution in [3.05, 3.63) is 0 Å². The fraction of sp³-hybridized carbons (Fsp3) is 1.00. The molecular weight excluding hydrogens is 507 g/mol. The Morgan fingerprint density at radius 2 is 0.605 bits per heavy atom. The van der Waals surface area contributed by atoms with Crippen molar-refractivity contribution in [3.8, 4) is 0 Å². The van der Waals surface area contributed by atoms with Crippen molar-refractivity contribution in [2.75, 3.05) is 30.9 Å². The summed E-state index contributed by atoms with van der Waals surface area (Å²) in [6.45, 7) is 6.24. The van der Waals surface area contributed by atoms with E-state index in [0.29, 0.717) is 0 Å². The Morgan fingerprint density at radius 3 is 0.842 bits per heavy atom. The van der Waals surface area contributed by atoms with Crippen molar-refractivity contribution >= 4 is 16.9 Å². The molecular formula is C33H71O3PS. The molecule has 0 amide bonds. The van der Waals surface area contributed by atoms with Crippen molar-refractivity contribution in [2.24, 2.45) is 0 Å². The Bertz CT molecular complexity index is 586. The van der Waals surface area contributed by atoms with E-state index < -0.39 is 16.9 Å². The van der Waals surface area contributed by atoms with Crippen LogP contribution in [0.4, 0.5) is 0 Å². The quantitative estimate of drug-likeness (QED) is 0.0629. The summed E-state index contributed by atoms with van der Waals surface area (Å²) < 4.78 is 32.3. The van der Waals surface area contributed by atoms with Gasteiger partial charge in [-0.25, -0.2) is 0 Å². The van der Waals surface area contributed by atoms with Gasteiger partial charge in [0.2, 0.25) is 0 Å². The van der Waals surface area contributed by atoms with E-state index in [1.807, 2.05) is 0 Å². The van der Waals surface area contributed by atoms with Gasteiger partial charge in [-0.05, 0) is 0 Å². The molecule has 0 aliphatic heterocycles. The van der Waals surface area contributed by atoms with E-state index in [4.69, 9.17) is 3.97 Å². The maximum atomic E-state index is 12.8. The van der Waals surface area contributed by atoms with Crippen molar-refractivity contribution in [3.63, 3.8) is 0 Å². The Morgan fingerprint density at radius 1 is 0.395 bits per heavy atom. The summed E-state index contributed by atoms with van der Waals surface area (Å²) in [4.78, 5) is 0. The molecule has 5 heteroatoms. The molecule has 0 heterocycles. The molecule has 0 aromatic rings. The average molecular weight is 579 g/mol. The molecule has 0 aliphatic rings. The SMILES string of the molecule is CCCCCCCCCCCCCCP(CCCCCC)(CCCCCC)(CCCCCC)OS(C)(=O)=O. The first-order chi connectivity index (χ1) is 18.3. The predicted octanol–water partition coefficient (Wildman–Crippen LogP) is 11.9. The van der Waals surface area contributed by atoms with Crippen LogP contribution in [0.2, 0.25) is 0 Å². The molecule has 0 aromatic carbocycles. The van der Waals surface area contributed by atoms with Crippen LogP contribution >= 0.6 is 6.83 Å². The molecule has 0 rings (SSSR count). The van der Waals surface area contributed by atoms with Crippen LogP contribution in [0.3, 0.4) is 0 Å². The molecule has 0 aliphatic carbocycles. The molecule has 0 aromatic heterocycles. The van der Waals surface area contributed by atoms with Gasteiger partial charge in [-0.1, -0.05) is 13.3 Å². The second-order valence-electron chi connectivity index (χ2n) is 12.6. The average Bonchev–Trinajstić information content (AvgIpc) is 2.87. The summed E-state index contributed by atoms with van der Waals surface area (Å²) in [5, 5.41) is 0. The van der Waals surface area contributed by atoms with E-state index in [1.54, 1.807) is 0 Å². The first-order valence-electron chi connectivity index (χ1n) is 17.2. The molecule has 0 atom stereocenters. The van der Waals surface area contributed by atoms with Gasteiger partial charge < -0.3 is 0 Å². The molecule has 0 spiro atoms. The van der Waals surface area contributed by atoms with Crippen LogP contribution in [0.25, 0.3) is 0 Å². The second-order valence-corrected chi connectivity index (χ2v) is 20.1. The van der Waals surface area contributed by atoms with E-state index in [2.05, 4.69) is 27.7 Å². The van der Waals surface area contributed by atoms with Crippen molar-refractivity contribution in [1.29, 1.82) is 0 Å². The summed E-state index contributed by atoms with van der Waals surface area (Å²) >= 11 is 0. The summed E-state index contributed by atoms with van der Waals surface area (Å²) in [6.07, 6.45) is 36.0. The van der Waals surface area contributed by atoms with Gasteiger partial charge in [0.05, 0.1) is 0 Å². The van der Waals surface area contributed by atoms with Crippen molar-refractivity contribution in [1.82, 2.24) is 0 Å². The maximum absolute atomic E-state index is 12.8. The molecule has 232 valence electrons. The minimum atomic E-state index is -3.48. The first-order valence-corrected chi connectivity index (χ1v) is 21.9. The molecule has 0 bridgehead atoms. The molecule has 0 saturated carbocycles. The molecule has 0 fully saturated rings. The van der Waals surface area contributed by atoms with Gasteiger partial charge in [0.25, 0.3) is 0 Å². The Kier molecular flexibility index (Phi) is 24.2. The molecule has 3 nitrogen and oxygen atoms in total. The van der Waals surface area contributed by atoms with Crippen LogP contribution in [-0.4, -0.2) is 39.3 Å². The Balaban J connectivity index is 5.27. The molecule has 0 N–H and O–H groups in total. The van der Waals surface area contributed by atoms with Gasteiger partial charge in [-0.15, -0.1) is 0 Å². The van der Waals surface area contributed by atoms with Crippen LogP contribution < -0.4 is 0 Å². The normalized spacial score (nSPS) is 13.6. The third-order valence-electron chi connectivity index (χ3n) is 8.66. The number of rotatable bonds is 30. The van der Waals surface area contributed by atoms with E-state index >= 15 is 0 Å². The van der Waals surface area contributed by atoms with Gasteiger partial charge in [-0.2, -0.15) is 0 Å². The monoisotopic (exact) mass is 578 g/mol. The first kappa shape index (κ1) is 38.3. The molecule has 0 radical (unpaired) electrons. The fourth-order valence-electron chi connectivity index (χ4n) is 6.37. The van der Waals surface area contributed by atoms with Crippen molar-refractivity contribution in [2.45, 2.75) is 182 Å². The van der Waals surface area contributed by atoms with E-state index in [0.717, 1.165) is 50.3 Å². The topological polar surface area (TPSA) is 43.4 Å².